The van der Waals surface area contributed by atoms with Gasteiger partial charge in [0.25, 0.3) is 0 Å². The van der Waals surface area contributed by atoms with Crippen LogP contribution in [0.4, 0.5) is 0 Å². The summed E-state index contributed by atoms with van der Waals surface area (Å²) < 4.78 is 27.5. The molecule has 4 N–H and O–H groups in total. The number of hydrogen-bond donors (Lipinski definition) is 2. The first-order valence-electron chi connectivity index (χ1n) is 5.35. The van der Waals surface area contributed by atoms with Crippen LogP contribution in [0.2, 0.25) is 0 Å². The number of nitrogens with two attached hydrogens (primary N) is 2. The van der Waals surface area contributed by atoms with Crippen molar-refractivity contribution in [3.05, 3.63) is 59.8 Å². The largest absolute Gasteiger partial charge is 0.399 e. The van der Waals surface area contributed by atoms with Crippen molar-refractivity contribution in [3.8, 4) is 0 Å². The highest BCUT2D eigenvalue weighted by Gasteiger charge is 2.35. The van der Waals surface area contributed by atoms with Gasteiger partial charge in [0.2, 0.25) is 0 Å². The minimum absolute atomic E-state index is 0.315. The van der Waals surface area contributed by atoms with Crippen molar-refractivity contribution < 1.29 is 12.6 Å². The second kappa shape index (κ2) is 4.56. The first kappa shape index (κ1) is 12.8. The molecule has 0 aromatic heterocycles. The van der Waals surface area contributed by atoms with Crippen LogP contribution in [-0.2, 0) is 20.1 Å². The van der Waals surface area contributed by atoms with E-state index in [4.69, 9.17) is 15.1 Å². The summed E-state index contributed by atoms with van der Waals surface area (Å²) in [7, 11) is -4.07. The molecule has 1 aliphatic carbocycles. The van der Waals surface area contributed by atoms with Crippen LogP contribution in [0.15, 0.2) is 54.3 Å². The van der Waals surface area contributed by atoms with Crippen molar-refractivity contribution in [2.24, 2.45) is 10.9 Å². The molecule has 1 atom stereocenters. The second-order valence-corrected chi connectivity index (χ2v) is 5.23. The number of hydrogen-bond acceptors (Lipinski definition) is 4. The van der Waals surface area contributed by atoms with Crippen molar-refractivity contribution in [1.29, 1.82) is 0 Å². The summed E-state index contributed by atoms with van der Waals surface area (Å²) in [6.45, 7) is 0. The minimum Gasteiger partial charge on any atom is -0.399 e. The highest BCUT2D eigenvalue weighted by atomic mass is 32.2. The molecule has 0 spiro atoms. The standard InChI is InChI=1S/C12H14N2O3S/c13-11-6-8-12(9-7-11,17-18(14,15)16)10-4-2-1-3-5-10/h1-8H,9,13H2,(H2,14,15,16). The van der Waals surface area contributed by atoms with Crippen LogP contribution in [-0.4, -0.2) is 8.42 Å². The third-order valence-electron chi connectivity index (χ3n) is 2.71. The highest BCUT2D eigenvalue weighted by Crippen LogP contribution is 2.35. The SMILES string of the molecule is NC1=CCC(OS(N)(=O)=O)(c2ccccc2)C=C1. The van der Waals surface area contributed by atoms with E-state index >= 15 is 0 Å². The highest BCUT2D eigenvalue weighted by molar-refractivity contribution is 7.84. The predicted octanol–water partition coefficient (Wildman–Crippen LogP) is 0.905. The maximum absolute atomic E-state index is 11.2. The Labute approximate surface area is 106 Å². The molecule has 0 radical (unpaired) electrons. The molecule has 1 aliphatic rings. The third kappa shape index (κ3) is 2.79. The molecule has 0 saturated carbocycles. The molecule has 0 aliphatic heterocycles. The monoisotopic (exact) mass is 266 g/mol. The van der Waals surface area contributed by atoms with Gasteiger partial charge in [-0.3, -0.25) is 0 Å². The topological polar surface area (TPSA) is 95.4 Å². The molecule has 0 bridgehead atoms. The lowest BCUT2D eigenvalue weighted by Crippen LogP contribution is -2.34. The van der Waals surface area contributed by atoms with Crippen molar-refractivity contribution in [2.45, 2.75) is 12.0 Å². The quantitative estimate of drug-likeness (QED) is 0.849. The molecule has 6 heteroatoms. The predicted molar refractivity (Wildman–Crippen MR) is 68.3 cm³/mol. The van der Waals surface area contributed by atoms with Crippen LogP contribution < -0.4 is 10.9 Å². The fraction of sp³-hybridized carbons (Fsp3) is 0.167. The molecule has 18 heavy (non-hydrogen) atoms. The average Bonchev–Trinajstić information content (AvgIpc) is 2.32. The van der Waals surface area contributed by atoms with E-state index in [-0.39, 0.29) is 0 Å². The van der Waals surface area contributed by atoms with E-state index in [1.165, 1.54) is 0 Å². The maximum Gasteiger partial charge on any atom is 0.334 e. The second-order valence-electron chi connectivity index (χ2n) is 4.07. The van der Waals surface area contributed by atoms with Crippen molar-refractivity contribution in [1.82, 2.24) is 0 Å². The molecule has 0 amide bonds. The van der Waals surface area contributed by atoms with Gasteiger partial charge in [-0.1, -0.05) is 36.4 Å². The van der Waals surface area contributed by atoms with E-state index in [1.54, 1.807) is 42.5 Å². The Balaban J connectivity index is 2.46. The Bertz CT molecular complexity index is 593. The summed E-state index contributed by atoms with van der Waals surface area (Å²) >= 11 is 0. The molecule has 5 nitrogen and oxygen atoms in total. The van der Waals surface area contributed by atoms with Crippen LogP contribution in [0.3, 0.4) is 0 Å². The first-order chi connectivity index (χ1) is 8.41. The lowest BCUT2D eigenvalue weighted by atomic mass is 9.87. The molecule has 0 saturated heterocycles. The fourth-order valence-corrected chi connectivity index (χ4v) is 2.52. The van der Waals surface area contributed by atoms with E-state index in [9.17, 15) is 8.42 Å². The van der Waals surface area contributed by atoms with Crippen LogP contribution in [0.5, 0.6) is 0 Å². The Kier molecular flexibility index (Phi) is 3.25. The van der Waals surface area contributed by atoms with E-state index in [1.807, 2.05) is 6.07 Å². The lowest BCUT2D eigenvalue weighted by molar-refractivity contribution is 0.130. The molecular formula is C12H14N2O3S. The lowest BCUT2D eigenvalue weighted by Gasteiger charge is -2.30. The summed E-state index contributed by atoms with van der Waals surface area (Å²) in [4.78, 5) is 0. The zero-order valence-corrected chi connectivity index (χ0v) is 10.4. The molecule has 2 rings (SSSR count). The van der Waals surface area contributed by atoms with Crippen molar-refractivity contribution in [3.63, 3.8) is 0 Å². The molecule has 0 fully saturated rings. The van der Waals surface area contributed by atoms with Crippen LogP contribution in [0, 0.1) is 0 Å². The van der Waals surface area contributed by atoms with Crippen LogP contribution in [0.25, 0.3) is 0 Å². The van der Waals surface area contributed by atoms with Gasteiger partial charge in [0.05, 0.1) is 0 Å². The van der Waals surface area contributed by atoms with Crippen molar-refractivity contribution >= 4 is 10.3 Å². The Hall–Kier alpha value is -1.63. The normalized spacial score (nSPS) is 23.7. The molecule has 96 valence electrons. The molecule has 1 unspecified atom stereocenters. The van der Waals surface area contributed by atoms with Gasteiger partial charge in [0, 0.05) is 12.1 Å². The van der Waals surface area contributed by atoms with Gasteiger partial charge < -0.3 is 5.73 Å². The maximum atomic E-state index is 11.2. The number of benzene rings is 1. The van der Waals surface area contributed by atoms with Crippen molar-refractivity contribution in [2.75, 3.05) is 0 Å². The fourth-order valence-electron chi connectivity index (χ4n) is 1.89. The average molecular weight is 266 g/mol. The smallest absolute Gasteiger partial charge is 0.334 e. The summed E-state index contributed by atoms with van der Waals surface area (Å²) in [5.74, 6) is 0. The van der Waals surface area contributed by atoms with Gasteiger partial charge >= 0.3 is 10.3 Å². The van der Waals surface area contributed by atoms with Gasteiger partial charge in [-0.25, -0.2) is 9.32 Å². The zero-order chi connectivity index (χ0) is 13.2. The van der Waals surface area contributed by atoms with Gasteiger partial charge in [-0.05, 0) is 17.7 Å². The summed E-state index contributed by atoms with van der Waals surface area (Å²) in [6, 6.07) is 9.01. The van der Waals surface area contributed by atoms with Gasteiger partial charge in [-0.2, -0.15) is 8.42 Å². The first-order valence-corrected chi connectivity index (χ1v) is 6.82. The molecular weight excluding hydrogens is 252 g/mol. The Morgan fingerprint density at radius 2 is 1.89 bits per heavy atom. The van der Waals surface area contributed by atoms with Gasteiger partial charge in [0.15, 0.2) is 0 Å². The van der Waals surface area contributed by atoms with E-state index in [2.05, 4.69) is 0 Å². The Morgan fingerprint density at radius 3 is 2.39 bits per heavy atom. The van der Waals surface area contributed by atoms with Gasteiger partial charge in [0.1, 0.15) is 5.60 Å². The van der Waals surface area contributed by atoms with Crippen LogP contribution >= 0.6 is 0 Å². The number of rotatable bonds is 3. The molecule has 1 aromatic carbocycles. The van der Waals surface area contributed by atoms with Crippen LogP contribution in [0.1, 0.15) is 12.0 Å². The Morgan fingerprint density at radius 1 is 1.22 bits per heavy atom. The van der Waals surface area contributed by atoms with E-state index < -0.39 is 15.9 Å². The number of allylic oxidation sites excluding steroid dienone is 1. The molecule has 0 heterocycles. The summed E-state index contributed by atoms with van der Waals surface area (Å²) in [5.41, 5.74) is 5.80. The zero-order valence-electron chi connectivity index (χ0n) is 9.61. The summed E-state index contributed by atoms with van der Waals surface area (Å²) in [6.07, 6.45) is 5.25. The minimum atomic E-state index is -4.07. The van der Waals surface area contributed by atoms with E-state index in [0.29, 0.717) is 17.7 Å². The summed E-state index contributed by atoms with van der Waals surface area (Å²) in [5, 5.41) is 4.99. The molecule has 1 aromatic rings. The van der Waals surface area contributed by atoms with Gasteiger partial charge in [-0.15, -0.1) is 0 Å². The van der Waals surface area contributed by atoms with E-state index in [0.717, 1.165) is 0 Å². The third-order valence-corrected chi connectivity index (χ3v) is 3.24.